The highest BCUT2D eigenvalue weighted by Crippen LogP contribution is 2.25. The second-order valence-corrected chi connectivity index (χ2v) is 9.07. The highest BCUT2D eigenvalue weighted by atomic mass is 32.2. The Balaban J connectivity index is 1.85. The number of hydrogen-bond acceptors (Lipinski definition) is 4. The molecule has 0 amide bonds. The van der Waals surface area contributed by atoms with Crippen molar-refractivity contribution in [3.63, 3.8) is 0 Å². The summed E-state index contributed by atoms with van der Waals surface area (Å²) >= 11 is 0. The third-order valence-electron chi connectivity index (χ3n) is 3.28. The van der Waals surface area contributed by atoms with Gasteiger partial charge in [-0.1, -0.05) is 20.8 Å². The number of ether oxygens (including phenoxy) is 2. The molecule has 0 aromatic carbocycles. The van der Waals surface area contributed by atoms with Gasteiger partial charge in [-0.25, -0.2) is 8.57 Å². The molecule has 2 atom stereocenters. The van der Waals surface area contributed by atoms with Crippen LogP contribution in [-0.4, -0.2) is 41.3 Å². The van der Waals surface area contributed by atoms with E-state index in [1.165, 1.54) is 0 Å². The molecule has 2 rings (SSSR count). The van der Waals surface area contributed by atoms with Gasteiger partial charge < -0.3 is 9.47 Å². The van der Waals surface area contributed by atoms with Crippen LogP contribution in [0.3, 0.4) is 0 Å². The fourth-order valence-corrected chi connectivity index (χ4v) is 4.75. The second-order valence-electron chi connectivity index (χ2n) is 6.50. The highest BCUT2D eigenvalue weighted by Gasteiger charge is 2.27. The fourth-order valence-electron chi connectivity index (χ4n) is 2.47. The monoisotopic (exact) mass is 275 g/mol. The molecule has 106 valence electrons. The van der Waals surface area contributed by atoms with Gasteiger partial charge >= 0.3 is 0 Å². The van der Waals surface area contributed by atoms with E-state index in [4.69, 9.17) is 9.47 Å². The molecule has 5 heteroatoms. The van der Waals surface area contributed by atoms with Crippen molar-refractivity contribution in [1.29, 1.82) is 0 Å². The molecule has 0 aromatic heterocycles. The minimum Gasteiger partial charge on any atom is -0.371 e. The van der Waals surface area contributed by atoms with Crippen molar-refractivity contribution >= 4 is 9.73 Å². The predicted molar refractivity (Wildman–Crippen MR) is 73.1 cm³/mol. The summed E-state index contributed by atoms with van der Waals surface area (Å²) in [6, 6.07) is 0. The number of rotatable bonds is 2. The van der Waals surface area contributed by atoms with Crippen LogP contribution in [-0.2, 0) is 19.2 Å². The molecule has 0 N–H and O–H groups in total. The number of hydrogen-bond donors (Lipinski definition) is 0. The molecule has 2 fully saturated rings. The van der Waals surface area contributed by atoms with Crippen LogP contribution in [0, 0.1) is 5.41 Å². The Hall–Kier alpha value is -0.130. The molecule has 0 bridgehead atoms. The summed E-state index contributed by atoms with van der Waals surface area (Å²) < 4.78 is 28.1. The van der Waals surface area contributed by atoms with Gasteiger partial charge in [0, 0.05) is 21.2 Å². The van der Waals surface area contributed by atoms with Crippen LogP contribution < -0.4 is 0 Å². The zero-order valence-corrected chi connectivity index (χ0v) is 12.5. The van der Waals surface area contributed by atoms with Crippen LogP contribution in [0.5, 0.6) is 0 Å². The van der Waals surface area contributed by atoms with E-state index in [0.717, 1.165) is 30.8 Å². The average Bonchev–Trinajstić information content (AvgIpc) is 2.66. The summed E-state index contributed by atoms with van der Waals surface area (Å²) in [7, 11) is -1.99. The van der Waals surface area contributed by atoms with E-state index in [2.05, 4.69) is 25.1 Å². The Morgan fingerprint density at radius 1 is 1.17 bits per heavy atom. The molecule has 0 radical (unpaired) electrons. The van der Waals surface area contributed by atoms with Crippen molar-refractivity contribution in [2.75, 3.05) is 24.7 Å². The Bertz CT molecular complexity index is 374. The molecule has 2 unspecified atom stereocenters. The first-order chi connectivity index (χ1) is 8.36. The van der Waals surface area contributed by atoms with Crippen molar-refractivity contribution in [3.8, 4) is 0 Å². The van der Waals surface area contributed by atoms with E-state index in [1.807, 2.05) is 0 Å². The lowest BCUT2D eigenvalue weighted by Gasteiger charge is -2.31. The van der Waals surface area contributed by atoms with Crippen LogP contribution in [0.2, 0.25) is 0 Å². The molecule has 0 aliphatic carbocycles. The second kappa shape index (κ2) is 5.47. The van der Waals surface area contributed by atoms with Crippen molar-refractivity contribution < 1.29 is 13.7 Å². The number of nitrogens with zero attached hydrogens (tertiary/aromatic N) is 1. The topological polar surface area (TPSA) is 47.9 Å². The summed E-state index contributed by atoms with van der Waals surface area (Å²) in [4.78, 5) is 0. The molecule has 4 nitrogen and oxygen atoms in total. The molecule has 2 aliphatic rings. The fraction of sp³-hybridized carbons (Fsp3) is 1.00. The molecule has 2 saturated heterocycles. The summed E-state index contributed by atoms with van der Waals surface area (Å²) in [6.45, 7) is 7.62. The minimum atomic E-state index is -1.99. The van der Waals surface area contributed by atoms with E-state index >= 15 is 0 Å². The molecule has 0 spiro atoms. The first-order valence-electron chi connectivity index (χ1n) is 6.81. The average molecular weight is 275 g/mol. The zero-order chi connectivity index (χ0) is 13.2. The highest BCUT2D eigenvalue weighted by molar-refractivity contribution is 7.93. The molecule has 2 heterocycles. The Labute approximate surface area is 111 Å². The lowest BCUT2D eigenvalue weighted by Crippen LogP contribution is -2.37. The van der Waals surface area contributed by atoms with Crippen LogP contribution in [0.25, 0.3) is 0 Å². The summed E-state index contributed by atoms with van der Waals surface area (Å²) in [5.41, 5.74) is 0.245. The van der Waals surface area contributed by atoms with Gasteiger partial charge in [0.15, 0.2) is 6.23 Å². The van der Waals surface area contributed by atoms with Gasteiger partial charge in [0.25, 0.3) is 0 Å². The third-order valence-corrected chi connectivity index (χ3v) is 5.75. The zero-order valence-electron chi connectivity index (χ0n) is 11.7. The lowest BCUT2D eigenvalue weighted by molar-refractivity contribution is -0.138. The summed E-state index contributed by atoms with van der Waals surface area (Å²) in [5, 5.41) is 0. The largest absolute Gasteiger partial charge is 0.371 e. The molecule has 18 heavy (non-hydrogen) atoms. The van der Waals surface area contributed by atoms with Gasteiger partial charge in [-0.2, -0.15) is 0 Å². The van der Waals surface area contributed by atoms with Crippen LogP contribution in [0.15, 0.2) is 4.36 Å². The molecular formula is C13H25NO3S. The quantitative estimate of drug-likeness (QED) is 0.777. The third kappa shape index (κ3) is 4.21. The molecule has 0 saturated carbocycles. The summed E-state index contributed by atoms with van der Waals surface area (Å²) in [6.07, 6.45) is 2.88. The maximum absolute atomic E-state index is 12.3. The molecular weight excluding hydrogens is 250 g/mol. The van der Waals surface area contributed by atoms with Crippen molar-refractivity contribution in [2.24, 2.45) is 9.78 Å². The normalized spacial score (nSPS) is 32.4. The van der Waals surface area contributed by atoms with Crippen molar-refractivity contribution in [1.82, 2.24) is 0 Å². The van der Waals surface area contributed by atoms with Gasteiger partial charge in [-0.15, -0.1) is 0 Å². The Kier molecular flexibility index (Phi) is 4.34. The minimum absolute atomic E-state index is 0.151. The van der Waals surface area contributed by atoms with Crippen LogP contribution in [0.1, 0.15) is 40.0 Å². The smallest absolute Gasteiger partial charge is 0.180 e. The van der Waals surface area contributed by atoms with Crippen molar-refractivity contribution in [3.05, 3.63) is 0 Å². The SMILES string of the molecule is CC(C)(C)CC1COC(N=S2(=O)CCCC2)CO1. The van der Waals surface area contributed by atoms with E-state index in [0.29, 0.717) is 13.2 Å². The van der Waals surface area contributed by atoms with E-state index in [-0.39, 0.29) is 17.7 Å². The van der Waals surface area contributed by atoms with Crippen LogP contribution in [0.4, 0.5) is 0 Å². The van der Waals surface area contributed by atoms with Gasteiger partial charge in [0.2, 0.25) is 0 Å². The standard InChI is InChI=1S/C13H25NO3S/c1-13(2,3)8-11-9-17-12(10-16-11)14-18(15)6-4-5-7-18/h11-12H,4-10H2,1-3H3. The summed E-state index contributed by atoms with van der Waals surface area (Å²) in [5.74, 6) is 1.47. The maximum atomic E-state index is 12.3. The molecule has 0 aromatic rings. The predicted octanol–water partition coefficient (Wildman–Crippen LogP) is 2.43. The van der Waals surface area contributed by atoms with Gasteiger partial charge in [-0.3, -0.25) is 0 Å². The van der Waals surface area contributed by atoms with Gasteiger partial charge in [0.05, 0.1) is 19.3 Å². The van der Waals surface area contributed by atoms with Gasteiger partial charge in [0.1, 0.15) is 0 Å². The van der Waals surface area contributed by atoms with Gasteiger partial charge in [-0.05, 0) is 24.7 Å². The Morgan fingerprint density at radius 3 is 2.33 bits per heavy atom. The van der Waals surface area contributed by atoms with E-state index < -0.39 is 9.73 Å². The lowest BCUT2D eigenvalue weighted by atomic mass is 9.89. The van der Waals surface area contributed by atoms with E-state index in [9.17, 15) is 4.21 Å². The van der Waals surface area contributed by atoms with E-state index in [1.54, 1.807) is 0 Å². The Morgan fingerprint density at radius 2 is 1.83 bits per heavy atom. The van der Waals surface area contributed by atoms with Crippen LogP contribution >= 0.6 is 0 Å². The first-order valence-corrected chi connectivity index (χ1v) is 8.67. The van der Waals surface area contributed by atoms with Crippen molar-refractivity contribution in [2.45, 2.75) is 52.4 Å². The first kappa shape index (κ1) is 14.3. The molecule has 2 aliphatic heterocycles. The maximum Gasteiger partial charge on any atom is 0.180 e.